The van der Waals surface area contributed by atoms with E-state index in [4.69, 9.17) is 10.1 Å². The number of nitrogens with zero attached hydrogens (tertiary/aromatic N) is 6. The van der Waals surface area contributed by atoms with Gasteiger partial charge in [0.1, 0.15) is 5.69 Å². The molecule has 6 nitrogen and oxygen atoms in total. The molecule has 0 amide bonds. The lowest BCUT2D eigenvalue weighted by Gasteiger charge is -2.36. The lowest BCUT2D eigenvalue weighted by molar-refractivity contribution is 0.248. The molecule has 35 heavy (non-hydrogen) atoms. The van der Waals surface area contributed by atoms with E-state index in [1.54, 1.807) is 12.4 Å². The van der Waals surface area contributed by atoms with E-state index in [-0.39, 0.29) is 0 Å². The molecule has 2 aromatic carbocycles. The molecule has 1 saturated heterocycles. The van der Waals surface area contributed by atoms with Crippen molar-refractivity contribution in [3.05, 3.63) is 95.6 Å². The second-order valence-corrected chi connectivity index (χ2v) is 8.65. The summed E-state index contributed by atoms with van der Waals surface area (Å²) in [5.74, 6) is 0.978. The van der Waals surface area contributed by atoms with Crippen LogP contribution in [0.5, 0.6) is 0 Å². The predicted molar refractivity (Wildman–Crippen MR) is 144 cm³/mol. The Hall–Kier alpha value is -3.51. The first-order chi connectivity index (χ1) is 17.2. The molecule has 0 N–H and O–H groups in total. The zero-order valence-corrected chi connectivity index (χ0v) is 21.4. The molecular weight excluding hydrogens is 432 g/mol. The maximum Gasteiger partial charge on any atom is 0.155 e. The molecule has 1 aliphatic heterocycles. The van der Waals surface area contributed by atoms with Crippen LogP contribution in [0.25, 0.3) is 11.3 Å². The number of aryl methyl sites for hydroxylation is 1. The molecule has 3 heterocycles. The molecule has 0 atom stereocenters. The van der Waals surface area contributed by atoms with Crippen LogP contribution in [0.15, 0.2) is 73.1 Å². The normalized spacial score (nSPS) is 13.9. The monoisotopic (exact) mass is 468 g/mol. The van der Waals surface area contributed by atoms with Crippen molar-refractivity contribution in [2.24, 2.45) is 0 Å². The van der Waals surface area contributed by atoms with E-state index in [9.17, 15) is 0 Å². The van der Waals surface area contributed by atoms with Crippen LogP contribution in [0.1, 0.15) is 36.4 Å². The third-order valence-corrected chi connectivity index (χ3v) is 6.49. The Labute approximate surface area is 209 Å². The number of aromatic nitrogens is 4. The van der Waals surface area contributed by atoms with Gasteiger partial charge in [0.05, 0.1) is 12.2 Å². The van der Waals surface area contributed by atoms with Crippen LogP contribution >= 0.6 is 0 Å². The van der Waals surface area contributed by atoms with Gasteiger partial charge in [0.25, 0.3) is 0 Å². The van der Waals surface area contributed by atoms with Crippen molar-refractivity contribution in [3.63, 3.8) is 0 Å². The molecule has 0 bridgehead atoms. The highest BCUT2D eigenvalue weighted by molar-refractivity contribution is 5.71. The summed E-state index contributed by atoms with van der Waals surface area (Å²) in [6, 6.07) is 20.9. The van der Waals surface area contributed by atoms with E-state index in [1.807, 2.05) is 32.0 Å². The van der Waals surface area contributed by atoms with Gasteiger partial charge in [0, 0.05) is 61.9 Å². The minimum atomic E-state index is 0.816. The topological polar surface area (TPSA) is 50.1 Å². The molecule has 0 spiro atoms. The Morgan fingerprint density at radius 1 is 0.743 bits per heavy atom. The van der Waals surface area contributed by atoms with Crippen molar-refractivity contribution >= 4 is 5.82 Å². The summed E-state index contributed by atoms with van der Waals surface area (Å²) >= 11 is 0. The number of hydrogen-bond acceptors (Lipinski definition) is 5. The molecule has 1 fully saturated rings. The Balaban J connectivity index is 0.00000141. The lowest BCUT2D eigenvalue weighted by Crippen LogP contribution is -2.46. The molecule has 0 unspecified atom stereocenters. The second kappa shape index (κ2) is 11.8. The quantitative estimate of drug-likeness (QED) is 0.382. The van der Waals surface area contributed by atoms with Crippen molar-refractivity contribution in [2.45, 2.75) is 40.8 Å². The summed E-state index contributed by atoms with van der Waals surface area (Å²) in [6.45, 7) is 13.9. The molecule has 4 aromatic rings. The average Bonchev–Trinajstić information content (AvgIpc) is 3.18. The SMILES string of the molecule is CC.Cc1nn(Cc2ccccc2)c(C)c1CN1CCN(c2nccnc2-c2ccccc2)CC1. The minimum Gasteiger partial charge on any atom is -0.352 e. The Morgan fingerprint density at radius 2 is 1.37 bits per heavy atom. The van der Waals surface area contributed by atoms with Gasteiger partial charge in [-0.25, -0.2) is 4.98 Å². The predicted octanol–water partition coefficient (Wildman–Crippen LogP) is 5.35. The summed E-state index contributed by atoms with van der Waals surface area (Å²) in [6.07, 6.45) is 3.57. The highest BCUT2D eigenvalue weighted by atomic mass is 15.3. The molecule has 1 aliphatic rings. The third-order valence-electron chi connectivity index (χ3n) is 6.49. The third kappa shape index (κ3) is 5.77. The van der Waals surface area contributed by atoms with E-state index in [0.29, 0.717) is 0 Å². The molecule has 2 aromatic heterocycles. The summed E-state index contributed by atoms with van der Waals surface area (Å²) in [4.78, 5) is 14.2. The van der Waals surface area contributed by atoms with Crippen LogP contribution < -0.4 is 4.90 Å². The Kier molecular flexibility index (Phi) is 8.27. The minimum absolute atomic E-state index is 0.816. The molecule has 0 saturated carbocycles. The highest BCUT2D eigenvalue weighted by Crippen LogP contribution is 2.27. The maximum absolute atomic E-state index is 4.84. The van der Waals surface area contributed by atoms with E-state index < -0.39 is 0 Å². The average molecular weight is 469 g/mol. The second-order valence-electron chi connectivity index (χ2n) is 8.65. The van der Waals surface area contributed by atoms with Crippen LogP contribution in [0.3, 0.4) is 0 Å². The maximum atomic E-state index is 4.84. The first-order valence-corrected chi connectivity index (χ1v) is 12.6. The summed E-state index contributed by atoms with van der Waals surface area (Å²) in [7, 11) is 0. The van der Waals surface area contributed by atoms with E-state index in [2.05, 4.69) is 75.8 Å². The van der Waals surface area contributed by atoms with E-state index in [0.717, 1.165) is 62.0 Å². The zero-order chi connectivity index (χ0) is 24.6. The molecule has 0 aliphatic carbocycles. The van der Waals surface area contributed by atoms with Gasteiger partial charge in [-0.15, -0.1) is 0 Å². The van der Waals surface area contributed by atoms with Gasteiger partial charge in [-0.05, 0) is 19.4 Å². The van der Waals surface area contributed by atoms with Crippen molar-refractivity contribution in [1.29, 1.82) is 0 Å². The van der Waals surface area contributed by atoms with Gasteiger partial charge >= 0.3 is 0 Å². The molecule has 6 heteroatoms. The number of hydrogen-bond donors (Lipinski definition) is 0. The van der Waals surface area contributed by atoms with Gasteiger partial charge in [-0.2, -0.15) is 5.10 Å². The fraction of sp³-hybridized carbons (Fsp3) is 0.345. The Morgan fingerprint density at radius 3 is 2.06 bits per heavy atom. The summed E-state index contributed by atoms with van der Waals surface area (Å²) in [5, 5.41) is 4.84. The van der Waals surface area contributed by atoms with Gasteiger partial charge in [-0.3, -0.25) is 14.6 Å². The van der Waals surface area contributed by atoms with Gasteiger partial charge in [-0.1, -0.05) is 74.5 Å². The smallest absolute Gasteiger partial charge is 0.155 e. The van der Waals surface area contributed by atoms with Crippen LogP contribution in [0, 0.1) is 13.8 Å². The van der Waals surface area contributed by atoms with Crippen LogP contribution in [-0.4, -0.2) is 50.8 Å². The number of piperazine rings is 1. The fourth-order valence-electron chi connectivity index (χ4n) is 4.58. The lowest BCUT2D eigenvalue weighted by atomic mass is 10.1. The van der Waals surface area contributed by atoms with Gasteiger partial charge < -0.3 is 4.90 Å². The van der Waals surface area contributed by atoms with Crippen molar-refractivity contribution in [3.8, 4) is 11.3 Å². The van der Waals surface area contributed by atoms with Crippen LogP contribution in [0.2, 0.25) is 0 Å². The van der Waals surface area contributed by atoms with Gasteiger partial charge in [0.2, 0.25) is 0 Å². The molecule has 5 rings (SSSR count). The Bertz CT molecular complexity index is 1190. The van der Waals surface area contributed by atoms with Crippen LogP contribution in [0.4, 0.5) is 5.82 Å². The van der Waals surface area contributed by atoms with E-state index in [1.165, 1.54) is 16.8 Å². The van der Waals surface area contributed by atoms with Crippen molar-refractivity contribution < 1.29 is 0 Å². The summed E-state index contributed by atoms with van der Waals surface area (Å²) in [5.41, 5.74) is 7.09. The number of anilines is 1. The van der Waals surface area contributed by atoms with Crippen molar-refractivity contribution in [1.82, 2.24) is 24.6 Å². The number of rotatable bonds is 6. The van der Waals surface area contributed by atoms with E-state index >= 15 is 0 Å². The summed E-state index contributed by atoms with van der Waals surface area (Å²) < 4.78 is 2.14. The van der Waals surface area contributed by atoms with Crippen molar-refractivity contribution in [2.75, 3.05) is 31.1 Å². The molecular formula is C29H36N6. The highest BCUT2D eigenvalue weighted by Gasteiger charge is 2.23. The standard InChI is InChI=1S/C27H30N6.C2H6/c1-21-25(22(2)33(30-21)19-23-9-5-3-6-10-23)20-31-15-17-32(18-16-31)27-26(28-13-14-29-27)24-11-7-4-8-12-24;1-2/h3-14H,15-20H2,1-2H3;1-2H3. The first-order valence-electron chi connectivity index (χ1n) is 12.6. The molecule has 182 valence electrons. The molecule has 0 radical (unpaired) electrons. The fourth-order valence-corrected chi connectivity index (χ4v) is 4.58. The first kappa shape index (κ1) is 24.6. The number of benzene rings is 2. The van der Waals surface area contributed by atoms with Gasteiger partial charge in [0.15, 0.2) is 5.82 Å². The zero-order valence-electron chi connectivity index (χ0n) is 21.4. The largest absolute Gasteiger partial charge is 0.352 e. The van der Waals surface area contributed by atoms with Crippen LogP contribution in [-0.2, 0) is 13.1 Å².